The van der Waals surface area contributed by atoms with E-state index in [4.69, 9.17) is 8.83 Å². The van der Waals surface area contributed by atoms with Gasteiger partial charge in [0.05, 0.1) is 27.5 Å². The van der Waals surface area contributed by atoms with Crippen molar-refractivity contribution in [1.29, 1.82) is 0 Å². The molecule has 4 nitrogen and oxygen atoms in total. The van der Waals surface area contributed by atoms with Gasteiger partial charge in [0, 0.05) is 43.7 Å². The van der Waals surface area contributed by atoms with E-state index >= 15 is 0 Å². The van der Waals surface area contributed by atoms with Crippen LogP contribution >= 0.6 is 0 Å². The van der Waals surface area contributed by atoms with Crippen molar-refractivity contribution in [2.75, 3.05) is 0 Å². The number of fused-ring (bicyclic) bond motifs is 11. The van der Waals surface area contributed by atoms with Crippen molar-refractivity contribution in [1.82, 2.24) is 9.13 Å². The lowest BCUT2D eigenvalue weighted by molar-refractivity contribution is 0.524. The first-order valence-corrected chi connectivity index (χ1v) is 18.3. The molecule has 0 N–H and O–H groups in total. The van der Waals surface area contributed by atoms with E-state index in [0.717, 1.165) is 61.0 Å². The van der Waals surface area contributed by atoms with Gasteiger partial charge in [-0.2, -0.15) is 0 Å². The summed E-state index contributed by atoms with van der Waals surface area (Å²) in [5.74, 6) is 0.548. The fourth-order valence-corrected chi connectivity index (χ4v) is 8.72. The van der Waals surface area contributed by atoms with Gasteiger partial charge in [-0.1, -0.05) is 109 Å². The van der Waals surface area contributed by atoms with Crippen LogP contribution in [0.25, 0.3) is 110 Å². The van der Waals surface area contributed by atoms with Gasteiger partial charge in [0.1, 0.15) is 11.2 Å². The molecule has 252 valence electrons. The summed E-state index contributed by atoms with van der Waals surface area (Å²) in [6.45, 7) is 0. The molecule has 12 aromatic rings. The monoisotopic (exact) mass is 690 g/mol. The lowest BCUT2D eigenvalue weighted by atomic mass is 10.0. The second-order valence-electron chi connectivity index (χ2n) is 14.1. The van der Waals surface area contributed by atoms with Crippen molar-refractivity contribution in [3.05, 3.63) is 182 Å². The summed E-state index contributed by atoms with van der Waals surface area (Å²) in [4.78, 5) is 0. The highest BCUT2D eigenvalue weighted by Crippen LogP contribution is 2.41. The summed E-state index contributed by atoms with van der Waals surface area (Å²) in [7, 11) is 0. The Balaban J connectivity index is 0.924. The van der Waals surface area contributed by atoms with Crippen LogP contribution in [0.15, 0.2) is 191 Å². The molecule has 4 heteroatoms. The zero-order valence-corrected chi connectivity index (χ0v) is 29.0. The fourth-order valence-electron chi connectivity index (χ4n) is 8.72. The summed E-state index contributed by atoms with van der Waals surface area (Å²) in [5.41, 5.74) is 13.1. The Hall–Kier alpha value is -7.30. The lowest BCUT2D eigenvalue weighted by Gasteiger charge is -2.10. The van der Waals surface area contributed by atoms with Gasteiger partial charge in [-0.05, 0) is 95.1 Å². The maximum Gasteiger partial charge on any atom is 0.299 e. The predicted molar refractivity (Wildman–Crippen MR) is 223 cm³/mol. The first kappa shape index (κ1) is 29.3. The first-order valence-electron chi connectivity index (χ1n) is 18.3. The third-order valence-electron chi connectivity index (χ3n) is 11.1. The molecule has 4 aromatic heterocycles. The molecule has 0 fully saturated rings. The van der Waals surface area contributed by atoms with Gasteiger partial charge in [0.15, 0.2) is 0 Å². The maximum atomic E-state index is 6.44. The van der Waals surface area contributed by atoms with E-state index in [9.17, 15) is 0 Å². The largest absolute Gasteiger partial charge is 0.425 e. The Bertz CT molecular complexity index is 3130. The summed E-state index contributed by atoms with van der Waals surface area (Å²) < 4.78 is 17.6. The molecule has 8 aromatic carbocycles. The third-order valence-corrected chi connectivity index (χ3v) is 11.1. The number of furan rings is 2. The quantitative estimate of drug-likeness (QED) is 0.184. The number of benzene rings is 8. The van der Waals surface area contributed by atoms with E-state index < -0.39 is 0 Å². The molecule has 0 amide bonds. The molecule has 0 aliphatic rings. The van der Waals surface area contributed by atoms with Crippen molar-refractivity contribution in [2.24, 2.45) is 0 Å². The normalized spacial score (nSPS) is 12.1. The minimum atomic E-state index is 0.548. The Morgan fingerprint density at radius 3 is 1.07 bits per heavy atom. The Morgan fingerprint density at radius 2 is 0.667 bits per heavy atom. The molecule has 0 atom stereocenters. The van der Waals surface area contributed by atoms with Gasteiger partial charge in [-0.25, -0.2) is 0 Å². The van der Waals surface area contributed by atoms with E-state index in [-0.39, 0.29) is 0 Å². The van der Waals surface area contributed by atoms with Crippen LogP contribution in [0.3, 0.4) is 0 Å². The molecular formula is C50H30N2O2. The molecule has 0 spiro atoms. The van der Waals surface area contributed by atoms with E-state index in [1.807, 2.05) is 0 Å². The molecule has 4 heterocycles. The SMILES string of the molecule is c1cc(-c2ccc3c(c2)oc2oc4cc(-c5cccc(-n6c7ccccc7c7ccccc76)c5)ccc4c23)cc(-n2c3ccccc3c3ccccc32)c1. The maximum absolute atomic E-state index is 6.44. The minimum Gasteiger partial charge on any atom is -0.425 e. The van der Waals surface area contributed by atoms with Gasteiger partial charge in [0.25, 0.3) is 5.78 Å². The van der Waals surface area contributed by atoms with Gasteiger partial charge in [0.2, 0.25) is 0 Å². The zero-order chi connectivity index (χ0) is 35.3. The van der Waals surface area contributed by atoms with Crippen molar-refractivity contribution < 1.29 is 8.83 Å². The number of rotatable bonds is 4. The highest BCUT2D eigenvalue weighted by molar-refractivity contribution is 6.18. The average Bonchev–Trinajstić information content (AvgIpc) is 3.97. The van der Waals surface area contributed by atoms with Crippen LogP contribution in [0.5, 0.6) is 0 Å². The van der Waals surface area contributed by atoms with Gasteiger partial charge in [-0.15, -0.1) is 0 Å². The smallest absolute Gasteiger partial charge is 0.299 e. The summed E-state index contributed by atoms with van der Waals surface area (Å²) in [5, 5.41) is 8.13. The molecule has 0 radical (unpaired) electrons. The van der Waals surface area contributed by atoms with E-state index in [2.05, 4.69) is 191 Å². The van der Waals surface area contributed by atoms with Gasteiger partial charge >= 0.3 is 0 Å². The Morgan fingerprint density at radius 1 is 0.296 bits per heavy atom. The van der Waals surface area contributed by atoms with Crippen molar-refractivity contribution in [2.45, 2.75) is 0 Å². The van der Waals surface area contributed by atoms with Crippen LogP contribution in [0.4, 0.5) is 0 Å². The van der Waals surface area contributed by atoms with Crippen LogP contribution in [-0.4, -0.2) is 9.13 Å². The number of aromatic nitrogens is 2. The number of hydrogen-bond donors (Lipinski definition) is 0. The molecule has 54 heavy (non-hydrogen) atoms. The van der Waals surface area contributed by atoms with Crippen LogP contribution < -0.4 is 0 Å². The van der Waals surface area contributed by atoms with Gasteiger partial charge < -0.3 is 18.0 Å². The summed E-state index contributed by atoms with van der Waals surface area (Å²) >= 11 is 0. The van der Waals surface area contributed by atoms with E-state index in [1.54, 1.807) is 0 Å². The average molecular weight is 691 g/mol. The fraction of sp³-hybridized carbons (Fsp3) is 0. The molecule has 0 bridgehead atoms. The highest BCUT2D eigenvalue weighted by Gasteiger charge is 2.19. The molecule has 0 aliphatic heterocycles. The number of hydrogen-bond acceptors (Lipinski definition) is 2. The summed E-state index contributed by atoms with van der Waals surface area (Å²) in [6, 6.07) is 65.0. The number of para-hydroxylation sites is 4. The van der Waals surface area contributed by atoms with Gasteiger partial charge in [-0.3, -0.25) is 0 Å². The predicted octanol–water partition coefficient (Wildman–Crippen LogP) is 13.9. The molecular weight excluding hydrogens is 661 g/mol. The zero-order valence-electron chi connectivity index (χ0n) is 29.0. The molecule has 0 saturated carbocycles. The third kappa shape index (κ3) is 4.19. The minimum absolute atomic E-state index is 0.548. The lowest BCUT2D eigenvalue weighted by Crippen LogP contribution is -1.94. The van der Waals surface area contributed by atoms with E-state index in [1.165, 1.54) is 43.6 Å². The number of nitrogens with zero attached hydrogens (tertiary/aromatic N) is 2. The molecule has 12 rings (SSSR count). The Kier molecular flexibility index (Phi) is 6.02. The standard InChI is InChI=1S/C50H30N2O2/c1-5-19-43-37(15-1)38-16-2-6-20-44(38)51(43)35-13-9-11-31(27-35)33-23-25-41-47(29-33)53-50-49(41)42-26-24-34(30-48(42)54-50)32-12-10-14-36(28-32)52-45-21-7-3-17-39(45)40-18-4-8-22-46(40)52/h1-30H. The topological polar surface area (TPSA) is 36.1 Å². The molecule has 0 aliphatic carbocycles. The highest BCUT2D eigenvalue weighted by atomic mass is 16.5. The van der Waals surface area contributed by atoms with Crippen molar-refractivity contribution >= 4 is 76.7 Å². The second-order valence-corrected chi connectivity index (χ2v) is 14.1. The van der Waals surface area contributed by atoms with Crippen molar-refractivity contribution in [3.8, 4) is 33.6 Å². The summed E-state index contributed by atoms with van der Waals surface area (Å²) in [6.07, 6.45) is 0. The second kappa shape index (κ2) is 11.1. The van der Waals surface area contributed by atoms with Crippen LogP contribution in [0.2, 0.25) is 0 Å². The Labute approximate surface area is 309 Å². The van der Waals surface area contributed by atoms with Crippen molar-refractivity contribution in [3.63, 3.8) is 0 Å². The van der Waals surface area contributed by atoms with Crippen LogP contribution in [-0.2, 0) is 0 Å². The molecule has 0 unspecified atom stereocenters. The van der Waals surface area contributed by atoms with E-state index in [0.29, 0.717) is 5.78 Å². The molecule has 0 saturated heterocycles. The van der Waals surface area contributed by atoms with Crippen LogP contribution in [0, 0.1) is 0 Å². The van der Waals surface area contributed by atoms with Crippen LogP contribution in [0.1, 0.15) is 0 Å². The first-order chi connectivity index (χ1) is 26.8.